The molecule has 1 N–H and O–H groups in total. The van der Waals surface area contributed by atoms with E-state index >= 15 is 0 Å². The summed E-state index contributed by atoms with van der Waals surface area (Å²) in [6.45, 7) is 6.09. The van der Waals surface area contributed by atoms with Crippen LogP contribution < -0.4 is 10.2 Å². The van der Waals surface area contributed by atoms with Crippen LogP contribution >= 0.6 is 0 Å². The number of benzene rings is 1. The Balaban J connectivity index is 2.18. The van der Waals surface area contributed by atoms with Crippen molar-refractivity contribution >= 4 is 5.69 Å². The lowest BCUT2D eigenvalue weighted by molar-refractivity contribution is 0.427. The zero-order valence-corrected chi connectivity index (χ0v) is 11.0. The van der Waals surface area contributed by atoms with Gasteiger partial charge in [-0.25, -0.2) is 8.78 Å². The molecule has 1 aromatic rings. The minimum absolute atomic E-state index is 0.328. The van der Waals surface area contributed by atoms with Gasteiger partial charge in [0.05, 0.1) is 5.69 Å². The van der Waals surface area contributed by atoms with E-state index in [1.165, 1.54) is 12.1 Å². The first kappa shape index (κ1) is 13.3. The van der Waals surface area contributed by atoms with Gasteiger partial charge in [-0.15, -0.1) is 0 Å². The molecule has 0 aliphatic carbocycles. The Hall–Kier alpha value is -1.16. The number of halogens is 2. The van der Waals surface area contributed by atoms with Crippen LogP contribution in [-0.4, -0.2) is 25.7 Å². The van der Waals surface area contributed by atoms with Gasteiger partial charge in [0.1, 0.15) is 11.6 Å². The third-order valence-corrected chi connectivity index (χ3v) is 3.48. The number of rotatable bonds is 3. The van der Waals surface area contributed by atoms with Crippen molar-refractivity contribution in [1.29, 1.82) is 0 Å². The second kappa shape index (κ2) is 5.65. The second-order valence-electron chi connectivity index (χ2n) is 4.90. The van der Waals surface area contributed by atoms with Gasteiger partial charge in [0.25, 0.3) is 0 Å². The molecule has 1 aliphatic rings. The number of nitrogens with one attached hydrogen (secondary N) is 1. The lowest BCUT2D eigenvalue weighted by Crippen LogP contribution is -2.46. The standard InChI is InChI=1S/C14H20F2N2/c1-3-17-11-5-4-6-18(9-11)14-8-12(15)10(2)7-13(14)16/h7-8,11,17H,3-6,9H2,1-2H3. The summed E-state index contributed by atoms with van der Waals surface area (Å²) in [5, 5.41) is 3.37. The Kier molecular flexibility index (Phi) is 4.17. The van der Waals surface area contributed by atoms with Gasteiger partial charge in [-0.3, -0.25) is 0 Å². The Morgan fingerprint density at radius 2 is 2.11 bits per heavy atom. The molecule has 0 aromatic heterocycles. The van der Waals surface area contributed by atoms with Crippen molar-refractivity contribution in [3.05, 3.63) is 29.3 Å². The predicted molar refractivity (Wildman–Crippen MR) is 70.0 cm³/mol. The largest absolute Gasteiger partial charge is 0.368 e. The quantitative estimate of drug-likeness (QED) is 0.892. The summed E-state index contributed by atoms with van der Waals surface area (Å²) in [6.07, 6.45) is 2.10. The molecule has 1 atom stereocenters. The van der Waals surface area contributed by atoms with E-state index in [9.17, 15) is 8.78 Å². The lowest BCUT2D eigenvalue weighted by atomic mass is 10.0. The average molecular weight is 254 g/mol. The molecule has 0 spiro atoms. The van der Waals surface area contributed by atoms with Crippen LogP contribution in [-0.2, 0) is 0 Å². The van der Waals surface area contributed by atoms with Crippen LogP contribution in [0.4, 0.5) is 14.5 Å². The van der Waals surface area contributed by atoms with Gasteiger partial charge < -0.3 is 10.2 Å². The van der Waals surface area contributed by atoms with Crippen LogP contribution in [0.25, 0.3) is 0 Å². The van der Waals surface area contributed by atoms with Crippen molar-refractivity contribution in [3.8, 4) is 0 Å². The summed E-state index contributed by atoms with van der Waals surface area (Å²) in [5.74, 6) is -0.664. The second-order valence-corrected chi connectivity index (χ2v) is 4.90. The predicted octanol–water partition coefficient (Wildman–Crippen LogP) is 2.85. The molecule has 0 saturated carbocycles. The third-order valence-electron chi connectivity index (χ3n) is 3.48. The molecule has 1 aliphatic heterocycles. The van der Waals surface area contributed by atoms with E-state index in [0.717, 1.165) is 32.5 Å². The van der Waals surface area contributed by atoms with Crippen LogP contribution in [0, 0.1) is 18.6 Å². The molecule has 0 radical (unpaired) electrons. The number of hydrogen-bond acceptors (Lipinski definition) is 2. The number of likely N-dealkylation sites (N-methyl/N-ethyl adjacent to an activating group) is 1. The molecule has 18 heavy (non-hydrogen) atoms. The van der Waals surface area contributed by atoms with Crippen LogP contribution in [0.5, 0.6) is 0 Å². The first-order chi connectivity index (χ1) is 8.61. The molecule has 1 heterocycles. The zero-order valence-electron chi connectivity index (χ0n) is 11.0. The Bertz CT molecular complexity index is 419. The summed E-state index contributed by atoms with van der Waals surface area (Å²) in [7, 11) is 0. The van der Waals surface area contributed by atoms with Gasteiger partial charge in [0.15, 0.2) is 0 Å². The molecule has 1 aromatic carbocycles. The maximum atomic E-state index is 13.9. The van der Waals surface area contributed by atoms with Gasteiger partial charge in [0, 0.05) is 25.2 Å². The molecular weight excluding hydrogens is 234 g/mol. The molecule has 1 fully saturated rings. The van der Waals surface area contributed by atoms with Gasteiger partial charge in [0.2, 0.25) is 0 Å². The molecule has 2 rings (SSSR count). The Morgan fingerprint density at radius 1 is 1.33 bits per heavy atom. The molecular formula is C14H20F2N2. The number of piperidine rings is 1. The number of anilines is 1. The van der Waals surface area contributed by atoms with Crippen LogP contribution in [0.2, 0.25) is 0 Å². The summed E-state index contributed by atoms with van der Waals surface area (Å²) >= 11 is 0. The summed E-state index contributed by atoms with van der Waals surface area (Å²) < 4.78 is 27.4. The Morgan fingerprint density at radius 3 is 2.83 bits per heavy atom. The van der Waals surface area contributed by atoms with E-state index in [1.54, 1.807) is 6.92 Å². The first-order valence-electron chi connectivity index (χ1n) is 6.55. The van der Waals surface area contributed by atoms with Crippen molar-refractivity contribution < 1.29 is 8.78 Å². The molecule has 100 valence electrons. The number of hydrogen-bond donors (Lipinski definition) is 1. The average Bonchev–Trinajstić information content (AvgIpc) is 2.34. The van der Waals surface area contributed by atoms with Crippen molar-refractivity contribution in [2.24, 2.45) is 0 Å². The highest BCUT2D eigenvalue weighted by atomic mass is 19.1. The molecule has 4 heteroatoms. The third kappa shape index (κ3) is 2.80. The first-order valence-corrected chi connectivity index (χ1v) is 6.55. The highest BCUT2D eigenvalue weighted by Gasteiger charge is 2.22. The van der Waals surface area contributed by atoms with Gasteiger partial charge in [-0.2, -0.15) is 0 Å². The summed E-state index contributed by atoms with van der Waals surface area (Å²) in [4.78, 5) is 1.94. The smallest absolute Gasteiger partial charge is 0.146 e. The van der Waals surface area contributed by atoms with Gasteiger partial charge >= 0.3 is 0 Å². The minimum Gasteiger partial charge on any atom is -0.368 e. The van der Waals surface area contributed by atoms with Gasteiger partial charge in [-0.05, 0) is 37.9 Å². The minimum atomic E-state index is -0.336. The monoisotopic (exact) mass is 254 g/mol. The highest BCUT2D eigenvalue weighted by Crippen LogP contribution is 2.25. The van der Waals surface area contributed by atoms with Crippen molar-refractivity contribution in [3.63, 3.8) is 0 Å². The van der Waals surface area contributed by atoms with E-state index in [1.807, 2.05) is 4.90 Å². The van der Waals surface area contributed by atoms with Crippen LogP contribution in [0.1, 0.15) is 25.3 Å². The molecule has 0 amide bonds. The number of nitrogens with zero attached hydrogens (tertiary/aromatic N) is 1. The highest BCUT2D eigenvalue weighted by molar-refractivity contribution is 5.50. The van der Waals surface area contributed by atoms with E-state index < -0.39 is 0 Å². The van der Waals surface area contributed by atoms with Gasteiger partial charge in [-0.1, -0.05) is 6.92 Å². The lowest BCUT2D eigenvalue weighted by Gasteiger charge is -2.35. The van der Waals surface area contributed by atoms with E-state index in [4.69, 9.17) is 0 Å². The van der Waals surface area contributed by atoms with Crippen molar-refractivity contribution in [1.82, 2.24) is 5.32 Å². The van der Waals surface area contributed by atoms with Crippen LogP contribution in [0.3, 0.4) is 0 Å². The molecule has 2 nitrogen and oxygen atoms in total. The van der Waals surface area contributed by atoms with E-state index in [0.29, 0.717) is 17.3 Å². The summed E-state index contributed by atoms with van der Waals surface area (Å²) in [5.41, 5.74) is 0.747. The van der Waals surface area contributed by atoms with Crippen LogP contribution in [0.15, 0.2) is 12.1 Å². The van der Waals surface area contributed by atoms with Crippen molar-refractivity contribution in [2.45, 2.75) is 32.7 Å². The molecule has 0 bridgehead atoms. The Labute approximate surface area is 107 Å². The van der Waals surface area contributed by atoms with E-state index in [-0.39, 0.29) is 11.6 Å². The zero-order chi connectivity index (χ0) is 13.1. The maximum absolute atomic E-state index is 13.9. The van der Waals surface area contributed by atoms with E-state index in [2.05, 4.69) is 12.2 Å². The fourth-order valence-electron chi connectivity index (χ4n) is 2.53. The normalized spacial score (nSPS) is 20.2. The molecule has 1 saturated heterocycles. The van der Waals surface area contributed by atoms with Crippen molar-refractivity contribution in [2.75, 3.05) is 24.5 Å². The fourth-order valence-corrected chi connectivity index (χ4v) is 2.53. The maximum Gasteiger partial charge on any atom is 0.146 e. The SMILES string of the molecule is CCNC1CCCN(c2cc(F)c(C)cc2F)C1. The summed E-state index contributed by atoms with van der Waals surface area (Å²) in [6, 6.07) is 2.97. The fraction of sp³-hybridized carbons (Fsp3) is 0.571. The molecule has 1 unspecified atom stereocenters. The topological polar surface area (TPSA) is 15.3 Å². The number of aryl methyl sites for hydroxylation is 1.